The van der Waals surface area contributed by atoms with E-state index < -0.39 is 34.6 Å². The summed E-state index contributed by atoms with van der Waals surface area (Å²) in [6.07, 6.45) is 0. The van der Waals surface area contributed by atoms with Gasteiger partial charge in [-0.3, -0.25) is 0 Å². The highest BCUT2D eigenvalue weighted by Crippen LogP contribution is 2.23. The first-order valence-electron chi connectivity index (χ1n) is 5.79. The average molecular weight is 282 g/mol. The van der Waals surface area contributed by atoms with Gasteiger partial charge in [-0.05, 0) is 13.6 Å². The largest absolute Gasteiger partial charge is 0.316 e. The molecule has 0 amide bonds. The van der Waals surface area contributed by atoms with E-state index in [9.17, 15) is 22.0 Å². The molecular formula is C12H15F5N2. The van der Waals surface area contributed by atoms with Gasteiger partial charge < -0.3 is 10.2 Å². The fraction of sp³-hybridized carbons (Fsp3) is 0.500. The zero-order valence-electron chi connectivity index (χ0n) is 10.7. The van der Waals surface area contributed by atoms with Crippen LogP contribution in [-0.4, -0.2) is 31.6 Å². The molecule has 0 aliphatic rings. The van der Waals surface area contributed by atoms with Crippen LogP contribution in [0.15, 0.2) is 0 Å². The van der Waals surface area contributed by atoms with Gasteiger partial charge in [-0.15, -0.1) is 0 Å². The Morgan fingerprint density at radius 2 is 1.37 bits per heavy atom. The molecule has 0 aromatic heterocycles. The van der Waals surface area contributed by atoms with E-state index in [4.69, 9.17) is 0 Å². The molecule has 7 heteroatoms. The SMILES string of the molecule is CCNCCN(C)Cc1c(F)c(F)c(F)c(F)c1F. The van der Waals surface area contributed by atoms with E-state index in [2.05, 4.69) is 5.32 Å². The minimum absolute atomic E-state index is 0.350. The predicted molar refractivity (Wildman–Crippen MR) is 61.1 cm³/mol. The summed E-state index contributed by atoms with van der Waals surface area (Å²) in [5.74, 6) is -9.49. The molecule has 0 aliphatic heterocycles. The third-order valence-corrected chi connectivity index (χ3v) is 2.65. The number of halogens is 5. The maximum absolute atomic E-state index is 13.4. The molecule has 0 bridgehead atoms. The number of benzene rings is 1. The van der Waals surface area contributed by atoms with Gasteiger partial charge in [0.2, 0.25) is 5.82 Å². The van der Waals surface area contributed by atoms with E-state index in [0.717, 1.165) is 6.54 Å². The van der Waals surface area contributed by atoms with Crippen molar-refractivity contribution in [2.45, 2.75) is 13.5 Å². The summed E-state index contributed by atoms with van der Waals surface area (Å²) in [5, 5.41) is 2.99. The molecule has 0 aliphatic carbocycles. The third kappa shape index (κ3) is 3.63. The van der Waals surface area contributed by atoms with Crippen molar-refractivity contribution in [2.75, 3.05) is 26.7 Å². The van der Waals surface area contributed by atoms with Crippen LogP contribution in [0, 0.1) is 29.1 Å². The highest BCUT2D eigenvalue weighted by molar-refractivity contribution is 5.23. The summed E-state index contributed by atoms with van der Waals surface area (Å²) in [6, 6.07) is 0. The van der Waals surface area contributed by atoms with Crippen molar-refractivity contribution in [1.82, 2.24) is 10.2 Å². The molecule has 0 radical (unpaired) electrons. The lowest BCUT2D eigenvalue weighted by atomic mass is 10.1. The molecule has 108 valence electrons. The zero-order chi connectivity index (χ0) is 14.6. The van der Waals surface area contributed by atoms with Crippen molar-refractivity contribution in [3.8, 4) is 0 Å². The molecule has 1 rings (SSSR count). The summed E-state index contributed by atoms with van der Waals surface area (Å²) in [6.45, 7) is 3.26. The molecule has 1 aromatic rings. The molecule has 0 saturated heterocycles. The van der Waals surface area contributed by atoms with Crippen molar-refractivity contribution in [3.05, 3.63) is 34.6 Å². The molecule has 0 saturated carbocycles. The molecule has 1 aromatic carbocycles. The van der Waals surface area contributed by atoms with E-state index in [-0.39, 0.29) is 6.54 Å². The summed E-state index contributed by atoms with van der Waals surface area (Å²) in [4.78, 5) is 1.47. The number of nitrogens with one attached hydrogen (secondary N) is 1. The Balaban J connectivity index is 2.89. The van der Waals surface area contributed by atoms with E-state index in [0.29, 0.717) is 13.1 Å². The second-order valence-electron chi connectivity index (χ2n) is 4.14. The first-order valence-corrected chi connectivity index (χ1v) is 5.79. The van der Waals surface area contributed by atoms with Crippen LogP contribution in [0.2, 0.25) is 0 Å². The van der Waals surface area contributed by atoms with E-state index in [1.165, 1.54) is 11.9 Å². The smallest absolute Gasteiger partial charge is 0.200 e. The van der Waals surface area contributed by atoms with Crippen molar-refractivity contribution in [1.29, 1.82) is 0 Å². The lowest BCUT2D eigenvalue weighted by Gasteiger charge is -2.18. The number of nitrogens with zero attached hydrogens (tertiary/aromatic N) is 1. The van der Waals surface area contributed by atoms with Gasteiger partial charge >= 0.3 is 0 Å². The summed E-state index contributed by atoms with van der Waals surface area (Å²) in [5.41, 5.74) is -0.810. The van der Waals surface area contributed by atoms with Gasteiger partial charge in [-0.25, -0.2) is 22.0 Å². The quantitative estimate of drug-likeness (QED) is 0.373. The van der Waals surface area contributed by atoms with Crippen LogP contribution < -0.4 is 5.32 Å². The van der Waals surface area contributed by atoms with Crippen molar-refractivity contribution >= 4 is 0 Å². The van der Waals surface area contributed by atoms with Gasteiger partial charge in [0.1, 0.15) is 0 Å². The van der Waals surface area contributed by atoms with E-state index in [1.54, 1.807) is 0 Å². The Kier molecular flexibility index (Phi) is 5.68. The minimum Gasteiger partial charge on any atom is -0.316 e. The Hall–Kier alpha value is -1.21. The van der Waals surface area contributed by atoms with Crippen LogP contribution in [-0.2, 0) is 6.54 Å². The molecule has 0 heterocycles. The summed E-state index contributed by atoms with van der Waals surface area (Å²) >= 11 is 0. The molecule has 19 heavy (non-hydrogen) atoms. The fourth-order valence-electron chi connectivity index (χ4n) is 1.58. The highest BCUT2D eigenvalue weighted by atomic mass is 19.2. The van der Waals surface area contributed by atoms with Crippen molar-refractivity contribution in [2.24, 2.45) is 0 Å². The first-order chi connectivity index (χ1) is 8.90. The maximum atomic E-state index is 13.4. The second kappa shape index (κ2) is 6.81. The number of rotatable bonds is 6. The number of likely N-dealkylation sites (N-methyl/N-ethyl adjacent to an activating group) is 2. The molecular weight excluding hydrogens is 267 g/mol. The average Bonchev–Trinajstić information content (AvgIpc) is 2.39. The lowest BCUT2D eigenvalue weighted by molar-refractivity contribution is 0.299. The van der Waals surface area contributed by atoms with Gasteiger partial charge in [0, 0.05) is 25.2 Å². The first kappa shape index (κ1) is 15.8. The van der Waals surface area contributed by atoms with E-state index in [1.807, 2.05) is 6.92 Å². The van der Waals surface area contributed by atoms with Crippen LogP contribution >= 0.6 is 0 Å². The number of hydrogen-bond donors (Lipinski definition) is 1. The van der Waals surface area contributed by atoms with Crippen LogP contribution in [0.1, 0.15) is 12.5 Å². The Morgan fingerprint density at radius 3 is 1.84 bits per heavy atom. The molecule has 0 spiro atoms. The van der Waals surface area contributed by atoms with Crippen molar-refractivity contribution < 1.29 is 22.0 Å². The number of hydrogen-bond acceptors (Lipinski definition) is 2. The summed E-state index contributed by atoms with van der Waals surface area (Å²) < 4.78 is 65.5. The zero-order valence-corrected chi connectivity index (χ0v) is 10.7. The summed E-state index contributed by atoms with van der Waals surface area (Å²) in [7, 11) is 1.54. The Bertz CT molecular complexity index is 421. The van der Waals surface area contributed by atoms with Gasteiger partial charge in [0.25, 0.3) is 0 Å². The topological polar surface area (TPSA) is 15.3 Å². The molecule has 1 N–H and O–H groups in total. The molecule has 0 atom stereocenters. The Morgan fingerprint density at radius 1 is 0.895 bits per heavy atom. The normalized spacial score (nSPS) is 11.4. The van der Waals surface area contributed by atoms with Gasteiger partial charge in [-0.1, -0.05) is 6.92 Å². The minimum atomic E-state index is -2.13. The highest BCUT2D eigenvalue weighted by Gasteiger charge is 2.25. The van der Waals surface area contributed by atoms with Gasteiger partial charge in [0.15, 0.2) is 23.3 Å². The lowest BCUT2D eigenvalue weighted by Crippen LogP contribution is -2.29. The van der Waals surface area contributed by atoms with Crippen LogP contribution in [0.5, 0.6) is 0 Å². The Labute approximate surface area is 108 Å². The predicted octanol–water partition coefficient (Wildman–Crippen LogP) is 2.42. The van der Waals surface area contributed by atoms with Crippen LogP contribution in [0.3, 0.4) is 0 Å². The third-order valence-electron chi connectivity index (χ3n) is 2.65. The van der Waals surface area contributed by atoms with E-state index >= 15 is 0 Å². The maximum Gasteiger partial charge on any atom is 0.200 e. The second-order valence-corrected chi connectivity index (χ2v) is 4.14. The van der Waals surface area contributed by atoms with Crippen LogP contribution in [0.25, 0.3) is 0 Å². The van der Waals surface area contributed by atoms with Gasteiger partial charge in [0.05, 0.1) is 0 Å². The standard InChI is InChI=1S/C12H15F5N2/c1-3-18-4-5-19(2)6-7-8(13)10(15)12(17)11(16)9(7)14/h18H,3-6H2,1-2H3. The van der Waals surface area contributed by atoms with Gasteiger partial charge in [-0.2, -0.15) is 0 Å². The monoisotopic (exact) mass is 282 g/mol. The van der Waals surface area contributed by atoms with Crippen molar-refractivity contribution in [3.63, 3.8) is 0 Å². The molecule has 0 unspecified atom stereocenters. The van der Waals surface area contributed by atoms with Crippen LogP contribution in [0.4, 0.5) is 22.0 Å². The molecule has 2 nitrogen and oxygen atoms in total. The fourth-order valence-corrected chi connectivity index (χ4v) is 1.58. The molecule has 0 fully saturated rings.